The molecule has 3 atom stereocenters. The molecule has 3 aliphatic heterocycles. The minimum atomic E-state index is -3.03. The molecule has 146 valence electrons. The molecule has 0 radical (unpaired) electrons. The topological polar surface area (TPSA) is 93.0 Å². The van der Waals surface area contributed by atoms with Crippen molar-refractivity contribution in [3.05, 3.63) is 0 Å². The molecule has 0 saturated carbocycles. The van der Waals surface area contributed by atoms with Crippen LogP contribution in [0.25, 0.3) is 0 Å². The molecule has 0 amide bonds. The lowest BCUT2D eigenvalue weighted by molar-refractivity contribution is -0.482. The van der Waals surface area contributed by atoms with Gasteiger partial charge in [0.15, 0.2) is 0 Å². The molecular weight excluding hydrogens is 352 g/mol. The predicted octanol–water partition coefficient (Wildman–Crippen LogP) is 0.502. The second-order valence-electron chi connectivity index (χ2n) is 6.24. The minimum absolute atomic E-state index is 0.0249. The minimum Gasteiger partial charge on any atom is -0.377 e. The highest BCUT2D eigenvalue weighted by Crippen LogP contribution is 2.31. The highest BCUT2D eigenvalue weighted by molar-refractivity contribution is 6.60. The lowest BCUT2D eigenvalue weighted by atomic mass is 10.5. The van der Waals surface area contributed by atoms with E-state index >= 15 is 0 Å². The first-order valence-electron chi connectivity index (χ1n) is 8.69. The van der Waals surface area contributed by atoms with Gasteiger partial charge in [-0.3, -0.25) is 4.43 Å². The van der Waals surface area contributed by atoms with Crippen molar-refractivity contribution in [2.45, 2.75) is 43.9 Å². The number of epoxide rings is 3. The van der Waals surface area contributed by atoms with Crippen LogP contribution in [0.2, 0.25) is 6.04 Å². The van der Waals surface area contributed by atoms with E-state index in [4.69, 9.17) is 41.7 Å². The molecule has 25 heavy (non-hydrogen) atoms. The second-order valence-corrected chi connectivity index (χ2v) is 9.13. The Kier molecular flexibility index (Phi) is 6.82. The fourth-order valence-corrected chi connectivity index (χ4v) is 4.22. The van der Waals surface area contributed by atoms with Crippen LogP contribution in [0.5, 0.6) is 0 Å². The maximum Gasteiger partial charge on any atom is 0.506 e. The zero-order chi connectivity index (χ0) is 17.8. The largest absolute Gasteiger partial charge is 0.506 e. The quantitative estimate of drug-likeness (QED) is 0.229. The van der Waals surface area contributed by atoms with Gasteiger partial charge in [0.25, 0.3) is 0 Å². The number of ether oxygens (including phenoxy) is 6. The Labute approximate surface area is 149 Å². The van der Waals surface area contributed by atoms with Crippen LogP contribution in [0.15, 0.2) is 0 Å². The van der Waals surface area contributed by atoms with E-state index in [-0.39, 0.29) is 18.3 Å². The molecule has 0 aromatic carbocycles. The SMILES string of the molecule is CCC[Si](OC)(OC)OC(OCC1CO1)(OCC1CO1)OCC1CO1. The van der Waals surface area contributed by atoms with Gasteiger partial charge in [0.2, 0.25) is 0 Å². The van der Waals surface area contributed by atoms with E-state index in [0.29, 0.717) is 45.7 Å². The molecule has 3 rings (SSSR count). The molecule has 0 aliphatic carbocycles. The summed E-state index contributed by atoms with van der Waals surface area (Å²) in [6.45, 7) is 4.86. The summed E-state index contributed by atoms with van der Waals surface area (Å²) in [4.78, 5) is 0. The van der Waals surface area contributed by atoms with E-state index in [1.54, 1.807) is 14.2 Å². The monoisotopic (exact) mass is 380 g/mol. The first-order chi connectivity index (χ1) is 12.1. The number of hydrogen-bond donors (Lipinski definition) is 0. The Bertz CT molecular complexity index is 367. The van der Waals surface area contributed by atoms with Crippen molar-refractivity contribution in [2.24, 2.45) is 0 Å². The van der Waals surface area contributed by atoms with Crippen molar-refractivity contribution in [2.75, 3.05) is 53.9 Å². The third kappa shape index (κ3) is 6.21. The summed E-state index contributed by atoms with van der Waals surface area (Å²) in [6, 6.07) is 0.609. The molecule has 0 spiro atoms. The van der Waals surface area contributed by atoms with Crippen molar-refractivity contribution >= 4 is 8.80 Å². The van der Waals surface area contributed by atoms with Gasteiger partial charge in [0.1, 0.15) is 18.3 Å². The molecule has 3 fully saturated rings. The average molecular weight is 380 g/mol. The van der Waals surface area contributed by atoms with Gasteiger partial charge in [-0.05, 0) is 0 Å². The van der Waals surface area contributed by atoms with Gasteiger partial charge >= 0.3 is 15.0 Å². The fraction of sp³-hybridized carbons (Fsp3) is 1.00. The van der Waals surface area contributed by atoms with Crippen LogP contribution in [0.1, 0.15) is 13.3 Å². The van der Waals surface area contributed by atoms with E-state index in [0.717, 1.165) is 6.42 Å². The van der Waals surface area contributed by atoms with Gasteiger partial charge in [-0.25, -0.2) is 0 Å². The molecule has 0 aromatic heterocycles. The molecule has 3 unspecified atom stereocenters. The molecule has 9 nitrogen and oxygen atoms in total. The van der Waals surface area contributed by atoms with Gasteiger partial charge in [0, 0.05) is 20.3 Å². The summed E-state index contributed by atoms with van der Waals surface area (Å²) >= 11 is 0. The van der Waals surface area contributed by atoms with Crippen molar-refractivity contribution < 1.29 is 41.7 Å². The molecule has 3 heterocycles. The summed E-state index contributed by atoms with van der Waals surface area (Å²) in [5.74, 6) is 0. The molecule has 0 bridgehead atoms. The summed E-state index contributed by atoms with van der Waals surface area (Å²) in [5.41, 5.74) is 0. The van der Waals surface area contributed by atoms with Crippen molar-refractivity contribution in [1.82, 2.24) is 0 Å². The van der Waals surface area contributed by atoms with Gasteiger partial charge < -0.3 is 37.3 Å². The van der Waals surface area contributed by atoms with E-state index in [1.807, 2.05) is 6.92 Å². The Hall–Kier alpha value is -0.143. The second kappa shape index (κ2) is 8.70. The molecule has 3 aliphatic rings. The lowest BCUT2D eigenvalue weighted by Crippen LogP contribution is -2.56. The summed E-state index contributed by atoms with van der Waals surface area (Å²) in [5, 5.41) is 0. The number of hydrogen-bond acceptors (Lipinski definition) is 9. The summed E-state index contributed by atoms with van der Waals surface area (Å²) < 4.78 is 50.7. The van der Waals surface area contributed by atoms with Crippen LogP contribution in [-0.4, -0.2) is 87.1 Å². The standard InChI is InChI=1S/C15H28O9Si/c1-4-5-25(16-2,17-3)24-15(21-9-12-6-18-12,22-10-13-7-19-13)23-11-14-8-20-14/h12-14H,4-11H2,1-3H3. The zero-order valence-corrected chi connectivity index (χ0v) is 16.1. The third-order valence-corrected chi connectivity index (χ3v) is 6.92. The first-order valence-corrected chi connectivity index (χ1v) is 10.6. The Morgan fingerprint density at radius 2 is 1.24 bits per heavy atom. The molecule has 0 N–H and O–H groups in total. The Balaban J connectivity index is 1.70. The molecule has 3 saturated heterocycles. The van der Waals surface area contributed by atoms with Crippen LogP contribution >= 0.6 is 0 Å². The van der Waals surface area contributed by atoms with Crippen molar-refractivity contribution in [3.63, 3.8) is 0 Å². The van der Waals surface area contributed by atoms with Crippen LogP contribution in [-0.2, 0) is 41.7 Å². The normalized spacial score (nSPS) is 30.1. The predicted molar refractivity (Wildman–Crippen MR) is 85.8 cm³/mol. The van der Waals surface area contributed by atoms with E-state index in [9.17, 15) is 0 Å². The summed E-state index contributed by atoms with van der Waals surface area (Å²) in [7, 11) is 0.0962. The van der Waals surface area contributed by atoms with Gasteiger partial charge in [-0.1, -0.05) is 13.3 Å². The zero-order valence-electron chi connectivity index (χ0n) is 15.1. The van der Waals surface area contributed by atoms with Crippen LogP contribution < -0.4 is 0 Å². The highest BCUT2D eigenvalue weighted by atomic mass is 28.4. The molecule has 10 heteroatoms. The summed E-state index contributed by atoms with van der Waals surface area (Å²) in [6.07, 6.45) is -0.824. The van der Waals surface area contributed by atoms with Gasteiger partial charge in [-0.2, -0.15) is 0 Å². The highest BCUT2D eigenvalue weighted by Gasteiger charge is 2.52. The Morgan fingerprint density at radius 3 is 1.52 bits per heavy atom. The third-order valence-electron chi connectivity index (χ3n) is 4.00. The van der Waals surface area contributed by atoms with E-state index < -0.39 is 15.0 Å². The fourth-order valence-electron chi connectivity index (χ4n) is 2.21. The van der Waals surface area contributed by atoms with Crippen LogP contribution in [0.3, 0.4) is 0 Å². The Morgan fingerprint density at radius 1 is 0.840 bits per heavy atom. The van der Waals surface area contributed by atoms with Gasteiger partial charge in [0.05, 0.1) is 39.6 Å². The smallest absolute Gasteiger partial charge is 0.377 e. The molecule has 0 aromatic rings. The van der Waals surface area contributed by atoms with Crippen molar-refractivity contribution in [1.29, 1.82) is 0 Å². The van der Waals surface area contributed by atoms with Gasteiger partial charge in [-0.15, -0.1) is 0 Å². The maximum atomic E-state index is 6.16. The van der Waals surface area contributed by atoms with Crippen LogP contribution in [0.4, 0.5) is 0 Å². The maximum absolute atomic E-state index is 6.16. The number of rotatable bonds is 15. The first kappa shape index (κ1) is 19.6. The lowest BCUT2D eigenvalue weighted by Gasteiger charge is -2.38. The van der Waals surface area contributed by atoms with Crippen LogP contribution in [0, 0.1) is 0 Å². The average Bonchev–Trinajstić information content (AvgIpc) is 3.50. The van der Waals surface area contributed by atoms with E-state index in [2.05, 4.69) is 0 Å². The van der Waals surface area contributed by atoms with E-state index in [1.165, 1.54) is 0 Å². The van der Waals surface area contributed by atoms with Crippen molar-refractivity contribution in [3.8, 4) is 0 Å². The molecular formula is C15H28O9Si.